The van der Waals surface area contributed by atoms with Crippen molar-refractivity contribution in [3.05, 3.63) is 148 Å². The van der Waals surface area contributed by atoms with Gasteiger partial charge in [0.05, 0.1) is 6.61 Å². The molecule has 9 heteroatoms. The molecule has 47 heavy (non-hydrogen) atoms. The van der Waals surface area contributed by atoms with Crippen LogP contribution in [0.2, 0.25) is 0 Å². The zero-order chi connectivity index (χ0) is 32.7. The van der Waals surface area contributed by atoms with Gasteiger partial charge in [-0.3, -0.25) is 4.79 Å². The molecule has 4 aromatic carbocycles. The number of benzene rings is 4. The predicted octanol–water partition coefficient (Wildman–Crippen LogP) is 7.89. The third-order valence-electron chi connectivity index (χ3n) is 7.96. The second-order valence-corrected chi connectivity index (χ2v) is 11.3. The van der Waals surface area contributed by atoms with Gasteiger partial charge in [0.2, 0.25) is 5.90 Å². The molecule has 0 saturated heterocycles. The number of carbonyl (C=O) groups is 1. The molecule has 1 amide bonds. The number of ether oxygens (including phenoxy) is 2. The van der Waals surface area contributed by atoms with Gasteiger partial charge in [-0.15, -0.1) is 0 Å². The van der Waals surface area contributed by atoms with Crippen molar-refractivity contribution < 1.29 is 19.4 Å². The lowest BCUT2D eigenvalue weighted by molar-refractivity contribution is -0.128. The Morgan fingerprint density at radius 2 is 1.68 bits per heavy atom. The number of unbranched alkanes of at least 4 members (excludes halogenated alkanes) is 1. The van der Waals surface area contributed by atoms with E-state index in [1.807, 2.05) is 97.1 Å². The number of nitrogens with one attached hydrogen (secondary N) is 1. The first-order valence-electron chi connectivity index (χ1n) is 15.9. The number of hydrogen-bond acceptors (Lipinski definition) is 6. The number of amides is 1. The highest BCUT2D eigenvalue weighted by atomic mass is 16.5. The third-order valence-corrected chi connectivity index (χ3v) is 7.96. The molecule has 0 fully saturated rings. The standard InChI is InChI=1S/C38H39N5O4/c39-43-42-34-20-8-7-19-33(34)35-38(25-11-18-30-15-5-2-6-16-30,37(45)40-26-10-9-17-29-13-3-1-4-14-29)41-36(47-35)31-21-23-32(24-22-31)46-28-12-27-44/h1-8,11,13-16,18-24,35,44H,9-10,12,17,25-28H2,(H,40,45)/b18-11+/t35-,38-/m1/s1. The molecular weight excluding hydrogens is 590 g/mol. The largest absolute Gasteiger partial charge is 0.494 e. The van der Waals surface area contributed by atoms with Gasteiger partial charge < -0.3 is 19.9 Å². The molecule has 0 saturated carbocycles. The molecule has 240 valence electrons. The molecule has 0 radical (unpaired) electrons. The minimum absolute atomic E-state index is 0.0529. The molecular formula is C38H39N5O4. The van der Waals surface area contributed by atoms with Crippen LogP contribution in [0.4, 0.5) is 5.69 Å². The van der Waals surface area contributed by atoms with Crippen molar-refractivity contribution >= 4 is 23.6 Å². The summed E-state index contributed by atoms with van der Waals surface area (Å²) in [5, 5.41) is 16.2. The van der Waals surface area contributed by atoms with Crippen LogP contribution in [-0.2, 0) is 16.0 Å². The zero-order valence-electron chi connectivity index (χ0n) is 26.2. The lowest BCUT2D eigenvalue weighted by Gasteiger charge is -2.30. The van der Waals surface area contributed by atoms with E-state index in [1.165, 1.54) is 5.56 Å². The fourth-order valence-electron chi connectivity index (χ4n) is 5.53. The Hall–Kier alpha value is -5.37. The predicted molar refractivity (Wildman–Crippen MR) is 184 cm³/mol. The summed E-state index contributed by atoms with van der Waals surface area (Å²) in [5.74, 6) is 0.686. The van der Waals surface area contributed by atoms with Crippen LogP contribution >= 0.6 is 0 Å². The summed E-state index contributed by atoms with van der Waals surface area (Å²) in [6.07, 6.45) is 6.46. The van der Waals surface area contributed by atoms with Crippen LogP contribution in [0.3, 0.4) is 0 Å². The highest BCUT2D eigenvalue weighted by molar-refractivity contribution is 6.01. The van der Waals surface area contributed by atoms with E-state index in [0.717, 1.165) is 24.8 Å². The minimum atomic E-state index is -1.39. The summed E-state index contributed by atoms with van der Waals surface area (Å²) in [4.78, 5) is 22.5. The first kappa shape index (κ1) is 33.0. The second-order valence-electron chi connectivity index (χ2n) is 11.3. The molecule has 2 N–H and O–H groups in total. The average molecular weight is 630 g/mol. The van der Waals surface area contributed by atoms with Crippen LogP contribution in [0.25, 0.3) is 16.5 Å². The monoisotopic (exact) mass is 629 g/mol. The lowest BCUT2D eigenvalue weighted by Crippen LogP contribution is -2.48. The first-order chi connectivity index (χ1) is 23.1. The van der Waals surface area contributed by atoms with Crippen molar-refractivity contribution in [3.8, 4) is 5.75 Å². The van der Waals surface area contributed by atoms with Gasteiger partial charge in [0.15, 0.2) is 11.6 Å². The van der Waals surface area contributed by atoms with Crippen LogP contribution in [0.5, 0.6) is 5.75 Å². The summed E-state index contributed by atoms with van der Waals surface area (Å²) in [5.41, 5.74) is 11.8. The van der Waals surface area contributed by atoms with E-state index < -0.39 is 11.6 Å². The molecule has 0 unspecified atom stereocenters. The Morgan fingerprint density at radius 3 is 2.43 bits per heavy atom. The molecule has 0 spiro atoms. The van der Waals surface area contributed by atoms with E-state index in [2.05, 4.69) is 27.5 Å². The van der Waals surface area contributed by atoms with Gasteiger partial charge in [0, 0.05) is 47.7 Å². The number of hydrogen-bond donors (Lipinski definition) is 2. The van der Waals surface area contributed by atoms with Gasteiger partial charge in [0.25, 0.3) is 5.91 Å². The van der Waals surface area contributed by atoms with Crippen molar-refractivity contribution in [2.75, 3.05) is 19.8 Å². The lowest BCUT2D eigenvalue weighted by atomic mass is 9.83. The van der Waals surface area contributed by atoms with E-state index in [1.54, 1.807) is 12.1 Å². The zero-order valence-corrected chi connectivity index (χ0v) is 26.2. The molecule has 0 bridgehead atoms. The second kappa shape index (κ2) is 16.8. The van der Waals surface area contributed by atoms with Gasteiger partial charge in [-0.2, -0.15) is 0 Å². The van der Waals surface area contributed by atoms with E-state index in [9.17, 15) is 10.3 Å². The van der Waals surface area contributed by atoms with Crippen LogP contribution in [0, 0.1) is 0 Å². The molecule has 9 nitrogen and oxygen atoms in total. The normalized spacial score (nSPS) is 17.0. The van der Waals surface area contributed by atoms with Crippen LogP contribution in [0.1, 0.15) is 54.0 Å². The van der Waals surface area contributed by atoms with Gasteiger partial charge >= 0.3 is 0 Å². The van der Waals surface area contributed by atoms with Crippen molar-refractivity contribution in [1.82, 2.24) is 5.32 Å². The van der Waals surface area contributed by atoms with E-state index in [-0.39, 0.29) is 18.9 Å². The highest BCUT2D eigenvalue weighted by Crippen LogP contribution is 2.45. The minimum Gasteiger partial charge on any atom is -0.494 e. The molecule has 1 heterocycles. The van der Waals surface area contributed by atoms with E-state index in [4.69, 9.17) is 19.6 Å². The summed E-state index contributed by atoms with van der Waals surface area (Å²) in [6, 6.07) is 34.6. The molecule has 1 aliphatic heterocycles. The number of nitrogens with zero attached hydrogens (tertiary/aromatic N) is 4. The number of azide groups is 1. The Labute approximate surface area is 275 Å². The topological polar surface area (TPSA) is 129 Å². The summed E-state index contributed by atoms with van der Waals surface area (Å²) in [6.45, 7) is 0.927. The van der Waals surface area contributed by atoms with Gasteiger partial charge in [-0.1, -0.05) is 102 Å². The molecule has 0 aliphatic carbocycles. The molecule has 0 aromatic heterocycles. The number of aliphatic hydroxyl groups excluding tert-OH is 1. The van der Waals surface area contributed by atoms with E-state index >= 15 is 0 Å². The fourth-order valence-corrected chi connectivity index (χ4v) is 5.53. The molecule has 5 rings (SSSR count). The number of aliphatic imine (C=N–C) groups is 1. The smallest absolute Gasteiger partial charge is 0.252 e. The van der Waals surface area contributed by atoms with E-state index in [0.29, 0.717) is 48.0 Å². The Bertz CT molecular complexity index is 1700. The summed E-state index contributed by atoms with van der Waals surface area (Å²) >= 11 is 0. The Balaban J connectivity index is 1.47. The highest BCUT2D eigenvalue weighted by Gasteiger charge is 2.53. The SMILES string of the molecule is [N-]=[N+]=Nc1ccccc1[C@H]1OC(c2ccc(OCCCO)cc2)=N[C@@]1(C/C=C/c1ccccc1)C(=O)NCCCCc1ccccc1. The Morgan fingerprint density at radius 1 is 0.957 bits per heavy atom. The van der Waals surface area contributed by atoms with Gasteiger partial charge in [-0.25, -0.2) is 4.99 Å². The molecule has 1 aliphatic rings. The van der Waals surface area contributed by atoms with Crippen molar-refractivity contribution in [2.45, 2.75) is 43.7 Å². The van der Waals surface area contributed by atoms with Crippen molar-refractivity contribution in [1.29, 1.82) is 0 Å². The first-order valence-corrected chi connectivity index (χ1v) is 15.9. The van der Waals surface area contributed by atoms with Gasteiger partial charge in [-0.05, 0) is 60.2 Å². The maximum atomic E-state index is 14.4. The van der Waals surface area contributed by atoms with Crippen molar-refractivity contribution in [3.63, 3.8) is 0 Å². The van der Waals surface area contributed by atoms with Gasteiger partial charge in [0.1, 0.15) is 5.75 Å². The Kier molecular flexibility index (Phi) is 11.8. The molecule has 2 atom stereocenters. The number of aryl methyl sites for hydroxylation is 1. The summed E-state index contributed by atoms with van der Waals surface area (Å²) in [7, 11) is 0. The van der Waals surface area contributed by atoms with Crippen LogP contribution < -0.4 is 10.1 Å². The number of aliphatic hydroxyl groups is 1. The van der Waals surface area contributed by atoms with Crippen LogP contribution in [0.15, 0.2) is 125 Å². The molecule has 4 aromatic rings. The third kappa shape index (κ3) is 8.67. The average Bonchev–Trinajstić information content (AvgIpc) is 3.50. The van der Waals surface area contributed by atoms with Crippen LogP contribution in [-0.4, -0.2) is 42.2 Å². The number of rotatable bonds is 16. The fraction of sp³-hybridized carbons (Fsp3) is 0.263. The quantitative estimate of drug-likeness (QED) is 0.0565. The number of carbonyl (C=O) groups excluding carboxylic acids is 1. The van der Waals surface area contributed by atoms with Crippen molar-refractivity contribution in [2.24, 2.45) is 10.1 Å². The summed E-state index contributed by atoms with van der Waals surface area (Å²) < 4.78 is 12.3. The maximum Gasteiger partial charge on any atom is 0.252 e. The maximum absolute atomic E-state index is 14.4.